The Kier molecular flexibility index (Phi) is 5.56. The van der Waals surface area contributed by atoms with Gasteiger partial charge in [-0.25, -0.2) is 0 Å². The third kappa shape index (κ3) is 3.36. The standard InChI is InChI=1S/C16H23BrN4/c1-4-13(12-8-6-5-7-9-12)15(20-18)16-14(17)10-19-21(16)11(2)3/h5-11,13,15,20H,4,18H2,1-3H3. The van der Waals surface area contributed by atoms with E-state index in [0.29, 0.717) is 5.92 Å². The molecule has 1 aromatic carbocycles. The van der Waals surface area contributed by atoms with Crippen LogP contribution in [-0.4, -0.2) is 9.78 Å². The van der Waals surface area contributed by atoms with Gasteiger partial charge in [-0.3, -0.25) is 16.0 Å². The highest BCUT2D eigenvalue weighted by atomic mass is 79.9. The van der Waals surface area contributed by atoms with Crippen molar-refractivity contribution in [2.45, 2.75) is 45.2 Å². The Bertz CT molecular complexity index is 565. The largest absolute Gasteiger partial charge is 0.271 e. The van der Waals surface area contributed by atoms with Crippen molar-refractivity contribution in [2.24, 2.45) is 5.84 Å². The number of nitrogens with zero attached hydrogens (tertiary/aromatic N) is 2. The normalized spacial score (nSPS) is 14.4. The summed E-state index contributed by atoms with van der Waals surface area (Å²) in [6.45, 7) is 6.44. The van der Waals surface area contributed by atoms with Crippen LogP contribution in [0, 0.1) is 0 Å². The van der Waals surface area contributed by atoms with Crippen molar-refractivity contribution >= 4 is 15.9 Å². The molecule has 2 unspecified atom stereocenters. The summed E-state index contributed by atoms with van der Waals surface area (Å²) in [6, 6.07) is 10.8. The van der Waals surface area contributed by atoms with Crippen LogP contribution in [0.1, 0.15) is 56.5 Å². The lowest BCUT2D eigenvalue weighted by atomic mass is 9.87. The zero-order chi connectivity index (χ0) is 15.4. The van der Waals surface area contributed by atoms with Crippen LogP contribution >= 0.6 is 15.9 Å². The molecule has 0 aliphatic heterocycles. The number of hydrogen-bond acceptors (Lipinski definition) is 3. The van der Waals surface area contributed by atoms with Crippen LogP contribution in [-0.2, 0) is 0 Å². The summed E-state index contributed by atoms with van der Waals surface area (Å²) in [5, 5.41) is 4.47. The summed E-state index contributed by atoms with van der Waals surface area (Å²) in [5.74, 6) is 6.20. The van der Waals surface area contributed by atoms with Crippen molar-refractivity contribution in [1.29, 1.82) is 0 Å². The minimum atomic E-state index is 0.0108. The fourth-order valence-corrected chi connectivity index (χ4v) is 3.32. The third-order valence-electron chi connectivity index (χ3n) is 3.82. The molecule has 0 aliphatic carbocycles. The fraction of sp³-hybridized carbons (Fsp3) is 0.438. The monoisotopic (exact) mass is 350 g/mol. The van der Waals surface area contributed by atoms with Gasteiger partial charge in [0.1, 0.15) is 0 Å². The maximum absolute atomic E-state index is 5.90. The van der Waals surface area contributed by atoms with Gasteiger partial charge in [0.05, 0.1) is 22.4 Å². The van der Waals surface area contributed by atoms with Crippen molar-refractivity contribution in [3.05, 3.63) is 52.3 Å². The molecule has 4 nitrogen and oxygen atoms in total. The van der Waals surface area contributed by atoms with Gasteiger partial charge in [-0.2, -0.15) is 5.10 Å². The predicted octanol–water partition coefficient (Wildman–Crippen LogP) is 3.92. The van der Waals surface area contributed by atoms with Crippen molar-refractivity contribution < 1.29 is 0 Å². The minimum absolute atomic E-state index is 0.0108. The number of rotatable bonds is 6. The molecule has 0 saturated heterocycles. The highest BCUT2D eigenvalue weighted by Gasteiger charge is 2.28. The molecule has 2 aromatic rings. The minimum Gasteiger partial charge on any atom is -0.271 e. The molecule has 1 aromatic heterocycles. The molecule has 3 N–H and O–H groups in total. The van der Waals surface area contributed by atoms with E-state index in [2.05, 4.69) is 71.5 Å². The van der Waals surface area contributed by atoms with E-state index in [4.69, 9.17) is 5.84 Å². The summed E-state index contributed by atoms with van der Waals surface area (Å²) >= 11 is 3.62. The van der Waals surface area contributed by atoms with Gasteiger partial charge < -0.3 is 0 Å². The van der Waals surface area contributed by atoms with Crippen molar-refractivity contribution in [3.63, 3.8) is 0 Å². The molecule has 0 fully saturated rings. The maximum Gasteiger partial charge on any atom is 0.0718 e. The maximum atomic E-state index is 5.90. The smallest absolute Gasteiger partial charge is 0.0718 e. The Morgan fingerprint density at radius 1 is 1.29 bits per heavy atom. The average Bonchev–Trinajstić information content (AvgIpc) is 2.87. The molecular formula is C16H23BrN4. The molecule has 114 valence electrons. The molecule has 0 saturated carbocycles. The summed E-state index contributed by atoms with van der Waals surface area (Å²) in [7, 11) is 0. The Balaban J connectivity index is 2.45. The van der Waals surface area contributed by atoms with E-state index in [1.165, 1.54) is 5.56 Å². The Labute approximate surface area is 134 Å². The van der Waals surface area contributed by atoms with E-state index < -0.39 is 0 Å². The van der Waals surface area contributed by atoms with E-state index in [9.17, 15) is 0 Å². The fourth-order valence-electron chi connectivity index (χ4n) is 2.80. The quantitative estimate of drug-likeness (QED) is 0.613. The molecule has 2 rings (SSSR count). The van der Waals surface area contributed by atoms with Gasteiger partial charge in [-0.05, 0) is 41.8 Å². The molecule has 0 bridgehead atoms. The van der Waals surface area contributed by atoms with Crippen LogP contribution in [0.4, 0.5) is 0 Å². The van der Waals surface area contributed by atoms with Crippen molar-refractivity contribution in [1.82, 2.24) is 15.2 Å². The first-order valence-corrected chi connectivity index (χ1v) is 8.13. The molecule has 0 amide bonds. The summed E-state index contributed by atoms with van der Waals surface area (Å²) < 4.78 is 3.02. The molecule has 2 atom stereocenters. The predicted molar refractivity (Wildman–Crippen MR) is 89.9 cm³/mol. The van der Waals surface area contributed by atoms with E-state index in [-0.39, 0.29) is 12.1 Å². The van der Waals surface area contributed by atoms with Gasteiger partial charge in [-0.15, -0.1) is 0 Å². The van der Waals surface area contributed by atoms with Gasteiger partial charge in [-0.1, -0.05) is 37.3 Å². The first-order chi connectivity index (χ1) is 10.1. The van der Waals surface area contributed by atoms with Crippen LogP contribution in [0.25, 0.3) is 0 Å². The molecule has 0 radical (unpaired) electrons. The Morgan fingerprint density at radius 2 is 1.95 bits per heavy atom. The van der Waals surface area contributed by atoms with Gasteiger partial charge in [0.15, 0.2) is 0 Å². The van der Waals surface area contributed by atoms with Crippen LogP contribution in [0.2, 0.25) is 0 Å². The molecular weight excluding hydrogens is 328 g/mol. The van der Waals surface area contributed by atoms with Crippen molar-refractivity contribution in [3.8, 4) is 0 Å². The summed E-state index contributed by atoms with van der Waals surface area (Å²) in [6.07, 6.45) is 2.84. The molecule has 0 spiro atoms. The molecule has 5 heteroatoms. The lowest BCUT2D eigenvalue weighted by molar-refractivity contribution is 0.392. The lowest BCUT2D eigenvalue weighted by Crippen LogP contribution is -2.34. The number of nitrogens with two attached hydrogens (primary N) is 1. The van der Waals surface area contributed by atoms with Crippen LogP contribution in [0.5, 0.6) is 0 Å². The first-order valence-electron chi connectivity index (χ1n) is 7.34. The number of hydrogen-bond donors (Lipinski definition) is 2. The van der Waals surface area contributed by atoms with Crippen LogP contribution in [0.15, 0.2) is 41.0 Å². The average molecular weight is 351 g/mol. The number of benzene rings is 1. The summed E-state index contributed by atoms with van der Waals surface area (Å²) in [5.41, 5.74) is 5.38. The van der Waals surface area contributed by atoms with Crippen LogP contribution in [0.3, 0.4) is 0 Å². The zero-order valence-corrected chi connectivity index (χ0v) is 14.3. The number of aromatic nitrogens is 2. The van der Waals surface area contributed by atoms with Gasteiger partial charge >= 0.3 is 0 Å². The molecule has 0 aliphatic rings. The third-order valence-corrected chi connectivity index (χ3v) is 4.43. The Morgan fingerprint density at radius 3 is 2.48 bits per heavy atom. The van der Waals surface area contributed by atoms with Gasteiger partial charge in [0, 0.05) is 12.0 Å². The Hall–Kier alpha value is -1.17. The van der Waals surface area contributed by atoms with E-state index in [1.807, 2.05) is 16.9 Å². The van der Waals surface area contributed by atoms with Crippen LogP contribution < -0.4 is 11.3 Å². The van der Waals surface area contributed by atoms with Gasteiger partial charge in [0.25, 0.3) is 0 Å². The lowest BCUT2D eigenvalue weighted by Gasteiger charge is -2.28. The second-order valence-corrected chi connectivity index (χ2v) is 6.34. The number of nitrogens with one attached hydrogen (secondary N) is 1. The number of halogens is 1. The second-order valence-electron chi connectivity index (χ2n) is 5.49. The summed E-state index contributed by atoms with van der Waals surface area (Å²) in [4.78, 5) is 0. The van der Waals surface area contributed by atoms with E-state index >= 15 is 0 Å². The SMILES string of the molecule is CCC(c1ccccc1)C(NN)c1c(Br)cnn1C(C)C. The first kappa shape index (κ1) is 16.2. The highest BCUT2D eigenvalue weighted by molar-refractivity contribution is 9.10. The number of hydrazine groups is 1. The van der Waals surface area contributed by atoms with E-state index in [0.717, 1.165) is 16.6 Å². The molecule has 1 heterocycles. The topological polar surface area (TPSA) is 55.9 Å². The zero-order valence-electron chi connectivity index (χ0n) is 12.8. The van der Waals surface area contributed by atoms with Gasteiger partial charge in [0.2, 0.25) is 0 Å². The second kappa shape index (κ2) is 7.20. The van der Waals surface area contributed by atoms with E-state index in [1.54, 1.807) is 0 Å². The molecule has 21 heavy (non-hydrogen) atoms. The van der Waals surface area contributed by atoms with Crippen molar-refractivity contribution in [2.75, 3.05) is 0 Å². The highest BCUT2D eigenvalue weighted by Crippen LogP contribution is 2.37.